The van der Waals surface area contributed by atoms with Crippen molar-refractivity contribution in [3.05, 3.63) is 29.3 Å². The molecule has 0 spiro atoms. The molecule has 0 atom stereocenters. The van der Waals surface area contributed by atoms with Gasteiger partial charge >= 0.3 is 0 Å². The number of sulfonamides is 1. The van der Waals surface area contributed by atoms with Crippen LogP contribution in [0.5, 0.6) is 0 Å². The molecule has 0 unspecified atom stereocenters. The van der Waals surface area contributed by atoms with E-state index in [4.69, 9.17) is 10.4 Å². The van der Waals surface area contributed by atoms with Crippen LogP contribution in [0.15, 0.2) is 23.1 Å². The molecule has 1 rings (SSSR count). The third kappa shape index (κ3) is 5.13. The minimum absolute atomic E-state index is 0.156. The number of aryl methyl sites for hydroxylation is 1. The third-order valence-corrected chi connectivity index (χ3v) is 5.27. The van der Waals surface area contributed by atoms with Crippen LogP contribution in [-0.2, 0) is 10.0 Å². The molecule has 5 nitrogen and oxygen atoms in total. The first-order valence-electron chi connectivity index (χ1n) is 6.20. The first-order valence-corrected chi connectivity index (χ1v) is 8.84. The van der Waals surface area contributed by atoms with Gasteiger partial charge in [-0.3, -0.25) is 0 Å². The van der Waals surface area contributed by atoms with Crippen molar-refractivity contribution in [3.63, 3.8) is 0 Å². The van der Waals surface area contributed by atoms with Crippen molar-refractivity contribution in [3.8, 4) is 6.07 Å². The maximum absolute atomic E-state index is 12.1. The fourth-order valence-electron chi connectivity index (χ4n) is 1.62. The largest absolute Gasteiger partial charge is 0.396 e. The van der Waals surface area contributed by atoms with Gasteiger partial charge in [-0.1, -0.05) is 0 Å². The molecule has 1 aromatic carbocycles. The summed E-state index contributed by atoms with van der Waals surface area (Å²) >= 11 is 1.59. The predicted molar refractivity (Wildman–Crippen MR) is 80.1 cm³/mol. The molecule has 0 saturated heterocycles. The number of nitriles is 1. The summed E-state index contributed by atoms with van der Waals surface area (Å²) in [4.78, 5) is 0.205. The van der Waals surface area contributed by atoms with Crippen LogP contribution in [0.4, 0.5) is 0 Å². The van der Waals surface area contributed by atoms with Crippen molar-refractivity contribution in [2.75, 3.05) is 24.7 Å². The van der Waals surface area contributed by atoms with Crippen molar-refractivity contribution in [1.29, 1.82) is 5.26 Å². The van der Waals surface area contributed by atoms with E-state index in [2.05, 4.69) is 4.72 Å². The van der Waals surface area contributed by atoms with Gasteiger partial charge in [0.2, 0.25) is 10.0 Å². The van der Waals surface area contributed by atoms with E-state index in [1.807, 2.05) is 6.07 Å². The maximum atomic E-state index is 12.1. The lowest BCUT2D eigenvalue weighted by molar-refractivity contribution is 0.296. The average Bonchev–Trinajstić information content (AvgIpc) is 2.42. The Kier molecular flexibility index (Phi) is 7.02. The molecule has 0 aromatic heterocycles. The van der Waals surface area contributed by atoms with E-state index in [1.165, 1.54) is 12.1 Å². The minimum Gasteiger partial charge on any atom is -0.396 e. The lowest BCUT2D eigenvalue weighted by Gasteiger charge is -2.09. The van der Waals surface area contributed by atoms with E-state index >= 15 is 0 Å². The SMILES string of the molecule is Cc1cc(C#N)ccc1S(=O)(=O)NCCSCCCO. The summed E-state index contributed by atoms with van der Waals surface area (Å²) in [5.41, 5.74) is 1.01. The summed E-state index contributed by atoms with van der Waals surface area (Å²) in [6.45, 7) is 2.17. The molecular weight excluding hydrogens is 296 g/mol. The summed E-state index contributed by atoms with van der Waals surface area (Å²) < 4.78 is 26.7. The van der Waals surface area contributed by atoms with Gasteiger partial charge in [-0.15, -0.1) is 0 Å². The highest BCUT2D eigenvalue weighted by Gasteiger charge is 2.16. The molecule has 0 aliphatic heterocycles. The number of rotatable bonds is 8. The van der Waals surface area contributed by atoms with E-state index in [1.54, 1.807) is 24.8 Å². The van der Waals surface area contributed by atoms with Crippen molar-refractivity contribution in [1.82, 2.24) is 4.72 Å². The van der Waals surface area contributed by atoms with E-state index in [0.717, 1.165) is 5.75 Å². The molecule has 0 aliphatic carbocycles. The smallest absolute Gasteiger partial charge is 0.240 e. The van der Waals surface area contributed by atoms with Crippen LogP contribution in [-0.4, -0.2) is 38.2 Å². The second-order valence-corrected chi connectivity index (χ2v) is 7.14. The molecule has 0 saturated carbocycles. The van der Waals surface area contributed by atoms with E-state index in [-0.39, 0.29) is 11.5 Å². The standard InChI is InChI=1S/C13H18N2O3S2/c1-11-9-12(10-14)3-4-13(11)20(17,18)15-5-8-19-7-2-6-16/h3-4,9,15-16H,2,5-8H2,1H3. The average molecular weight is 314 g/mol. The van der Waals surface area contributed by atoms with Crippen molar-refractivity contribution < 1.29 is 13.5 Å². The first-order chi connectivity index (χ1) is 9.51. The van der Waals surface area contributed by atoms with Gasteiger partial charge < -0.3 is 5.11 Å². The van der Waals surface area contributed by atoms with Gasteiger partial charge in [0.05, 0.1) is 16.5 Å². The Bertz CT molecular complexity index is 580. The number of nitrogens with one attached hydrogen (secondary N) is 1. The Balaban J connectivity index is 2.59. The number of nitrogens with zero attached hydrogens (tertiary/aromatic N) is 1. The van der Waals surface area contributed by atoms with Crippen LogP contribution in [0.3, 0.4) is 0 Å². The quantitative estimate of drug-likeness (QED) is 0.705. The van der Waals surface area contributed by atoms with Gasteiger partial charge in [-0.05, 0) is 42.9 Å². The molecule has 20 heavy (non-hydrogen) atoms. The zero-order valence-electron chi connectivity index (χ0n) is 11.3. The van der Waals surface area contributed by atoms with Crippen molar-refractivity contribution in [2.24, 2.45) is 0 Å². The summed E-state index contributed by atoms with van der Waals surface area (Å²) in [5.74, 6) is 1.47. The number of aliphatic hydroxyl groups excluding tert-OH is 1. The molecule has 2 N–H and O–H groups in total. The highest BCUT2D eigenvalue weighted by atomic mass is 32.2. The monoisotopic (exact) mass is 314 g/mol. The van der Waals surface area contributed by atoms with Crippen LogP contribution < -0.4 is 4.72 Å². The highest BCUT2D eigenvalue weighted by Crippen LogP contribution is 2.16. The first kappa shape index (κ1) is 17.0. The molecule has 0 fully saturated rings. The zero-order valence-corrected chi connectivity index (χ0v) is 12.9. The number of hydrogen-bond donors (Lipinski definition) is 2. The summed E-state index contributed by atoms with van der Waals surface area (Å²) in [6, 6.07) is 6.49. The lowest BCUT2D eigenvalue weighted by Crippen LogP contribution is -2.26. The Morgan fingerprint density at radius 1 is 1.40 bits per heavy atom. The van der Waals surface area contributed by atoms with Gasteiger partial charge in [0.15, 0.2) is 0 Å². The molecule has 0 aliphatic rings. The predicted octanol–water partition coefficient (Wildman–Crippen LogP) is 1.26. The van der Waals surface area contributed by atoms with Crippen molar-refractivity contribution >= 4 is 21.8 Å². The van der Waals surface area contributed by atoms with E-state index in [0.29, 0.717) is 29.8 Å². The normalized spacial score (nSPS) is 11.2. The van der Waals surface area contributed by atoms with E-state index in [9.17, 15) is 8.42 Å². The fraction of sp³-hybridized carbons (Fsp3) is 0.462. The van der Waals surface area contributed by atoms with Gasteiger partial charge in [0, 0.05) is 18.9 Å². The molecule has 0 amide bonds. The fourth-order valence-corrected chi connectivity index (χ4v) is 3.78. The Hall–Kier alpha value is -1.07. The number of aliphatic hydroxyl groups is 1. The third-order valence-electron chi connectivity index (χ3n) is 2.58. The van der Waals surface area contributed by atoms with Crippen LogP contribution in [0.2, 0.25) is 0 Å². The lowest BCUT2D eigenvalue weighted by atomic mass is 10.2. The summed E-state index contributed by atoms with van der Waals surface area (Å²) in [7, 11) is -3.53. The van der Waals surface area contributed by atoms with Gasteiger partial charge in [0.25, 0.3) is 0 Å². The molecule has 110 valence electrons. The van der Waals surface area contributed by atoms with Gasteiger partial charge in [-0.25, -0.2) is 13.1 Å². The zero-order chi connectivity index (χ0) is 15.0. The van der Waals surface area contributed by atoms with Crippen LogP contribution in [0.25, 0.3) is 0 Å². The maximum Gasteiger partial charge on any atom is 0.240 e. The Morgan fingerprint density at radius 3 is 2.75 bits per heavy atom. The summed E-state index contributed by atoms with van der Waals surface area (Å²) in [5, 5.41) is 17.4. The highest BCUT2D eigenvalue weighted by molar-refractivity contribution is 7.99. The van der Waals surface area contributed by atoms with Gasteiger partial charge in [0.1, 0.15) is 0 Å². The van der Waals surface area contributed by atoms with Gasteiger partial charge in [-0.2, -0.15) is 17.0 Å². The molecule has 0 heterocycles. The second kappa shape index (κ2) is 8.27. The molecular formula is C13H18N2O3S2. The van der Waals surface area contributed by atoms with Crippen molar-refractivity contribution in [2.45, 2.75) is 18.2 Å². The molecule has 0 bridgehead atoms. The van der Waals surface area contributed by atoms with Crippen LogP contribution in [0.1, 0.15) is 17.5 Å². The topological polar surface area (TPSA) is 90.2 Å². The van der Waals surface area contributed by atoms with E-state index < -0.39 is 10.0 Å². The number of benzene rings is 1. The minimum atomic E-state index is -3.53. The molecule has 0 radical (unpaired) electrons. The second-order valence-electron chi connectivity index (χ2n) is 4.18. The number of thioether (sulfide) groups is 1. The Morgan fingerprint density at radius 2 is 2.15 bits per heavy atom. The van der Waals surface area contributed by atoms with Crippen LogP contribution >= 0.6 is 11.8 Å². The number of hydrogen-bond acceptors (Lipinski definition) is 5. The molecule has 1 aromatic rings. The summed E-state index contributed by atoms with van der Waals surface area (Å²) in [6.07, 6.45) is 0.714. The van der Waals surface area contributed by atoms with Crippen LogP contribution in [0, 0.1) is 18.3 Å². The Labute approximate surface area is 124 Å². The molecule has 7 heteroatoms.